The first-order valence-electron chi connectivity index (χ1n) is 4.05. The first-order chi connectivity index (χ1) is 6.77. The Balaban J connectivity index is 2.10. The normalized spacial score (nSPS) is 14.9. The molecule has 1 aliphatic heterocycles. The minimum Gasteiger partial charge on any atom is -0.474 e. The van der Waals surface area contributed by atoms with Crippen LogP contribution in [0, 0.1) is 0 Å². The number of anilines is 1. The lowest BCUT2D eigenvalue weighted by Crippen LogP contribution is -2.23. The first kappa shape index (κ1) is 8.55. The molecular weight excluding hydrogens is 184 g/mol. The van der Waals surface area contributed by atoms with Gasteiger partial charge in [0, 0.05) is 0 Å². The standard InChI is InChI=1S/C9H8N2O3/c12-9(13)8-10-6-11(14-8)7-4-2-1-3-5-7/h1-5H,6H2,(H,12,13). The van der Waals surface area contributed by atoms with Crippen LogP contribution < -0.4 is 5.06 Å². The van der Waals surface area contributed by atoms with Gasteiger partial charge in [0.15, 0.2) is 6.67 Å². The summed E-state index contributed by atoms with van der Waals surface area (Å²) in [6, 6.07) is 9.20. The molecule has 0 atom stereocenters. The van der Waals surface area contributed by atoms with Crippen LogP contribution in [-0.4, -0.2) is 23.6 Å². The average Bonchev–Trinajstić information content (AvgIpc) is 2.68. The van der Waals surface area contributed by atoms with Crippen LogP contribution in [0.5, 0.6) is 0 Å². The van der Waals surface area contributed by atoms with Gasteiger partial charge in [-0.15, -0.1) is 0 Å². The number of hydroxylamine groups is 1. The number of hydrogen-bond donors (Lipinski definition) is 1. The van der Waals surface area contributed by atoms with E-state index in [0.717, 1.165) is 5.69 Å². The number of aliphatic carboxylic acids is 1. The van der Waals surface area contributed by atoms with Crippen molar-refractivity contribution in [2.45, 2.75) is 0 Å². The van der Waals surface area contributed by atoms with Crippen molar-refractivity contribution in [2.24, 2.45) is 4.99 Å². The van der Waals surface area contributed by atoms with Crippen LogP contribution in [-0.2, 0) is 9.63 Å². The molecule has 0 bridgehead atoms. The van der Waals surface area contributed by atoms with Crippen molar-refractivity contribution in [1.82, 2.24) is 0 Å². The molecule has 0 fully saturated rings. The molecule has 14 heavy (non-hydrogen) atoms. The lowest BCUT2D eigenvalue weighted by Gasteiger charge is -2.14. The molecule has 1 aliphatic rings. The van der Waals surface area contributed by atoms with E-state index < -0.39 is 5.97 Å². The van der Waals surface area contributed by atoms with Gasteiger partial charge >= 0.3 is 11.9 Å². The predicted molar refractivity (Wildman–Crippen MR) is 49.9 cm³/mol. The van der Waals surface area contributed by atoms with Crippen molar-refractivity contribution < 1.29 is 14.7 Å². The molecule has 1 heterocycles. The average molecular weight is 192 g/mol. The Hall–Kier alpha value is -2.04. The zero-order valence-corrected chi connectivity index (χ0v) is 7.25. The largest absolute Gasteiger partial charge is 0.474 e. The highest BCUT2D eigenvalue weighted by Crippen LogP contribution is 2.16. The van der Waals surface area contributed by atoms with Crippen molar-refractivity contribution in [3.63, 3.8) is 0 Å². The summed E-state index contributed by atoms with van der Waals surface area (Å²) in [5.41, 5.74) is 0.785. The Morgan fingerprint density at radius 3 is 2.71 bits per heavy atom. The molecule has 1 N–H and O–H groups in total. The van der Waals surface area contributed by atoms with Crippen LogP contribution in [0.25, 0.3) is 0 Å². The predicted octanol–water partition coefficient (Wildman–Crippen LogP) is 0.879. The van der Waals surface area contributed by atoms with Crippen LogP contribution >= 0.6 is 0 Å². The van der Waals surface area contributed by atoms with Gasteiger partial charge in [-0.2, -0.15) is 5.06 Å². The smallest absolute Gasteiger partial charge is 0.394 e. The molecule has 0 radical (unpaired) electrons. The van der Waals surface area contributed by atoms with Crippen LogP contribution in [0.1, 0.15) is 0 Å². The molecular formula is C9H8N2O3. The summed E-state index contributed by atoms with van der Waals surface area (Å²) >= 11 is 0. The molecule has 1 aromatic rings. The van der Waals surface area contributed by atoms with Crippen LogP contribution in [0.3, 0.4) is 0 Å². The van der Waals surface area contributed by atoms with Gasteiger partial charge in [0.05, 0.1) is 5.69 Å². The number of benzene rings is 1. The lowest BCUT2D eigenvalue weighted by molar-refractivity contribution is -0.130. The highest BCUT2D eigenvalue weighted by atomic mass is 16.7. The molecule has 72 valence electrons. The highest BCUT2D eigenvalue weighted by molar-refractivity contribution is 6.32. The van der Waals surface area contributed by atoms with Crippen molar-refractivity contribution in [2.75, 3.05) is 11.7 Å². The SMILES string of the molecule is O=C(O)C1=NCN(c2ccccc2)O1. The van der Waals surface area contributed by atoms with Crippen LogP contribution in [0.15, 0.2) is 35.3 Å². The Labute approximate surface area is 80.2 Å². The lowest BCUT2D eigenvalue weighted by atomic mass is 10.3. The monoisotopic (exact) mass is 192 g/mol. The minimum absolute atomic E-state index is 0.214. The second-order valence-corrected chi connectivity index (χ2v) is 2.72. The number of para-hydroxylation sites is 1. The van der Waals surface area contributed by atoms with E-state index in [-0.39, 0.29) is 12.6 Å². The van der Waals surface area contributed by atoms with Crippen LogP contribution in [0.2, 0.25) is 0 Å². The molecule has 0 unspecified atom stereocenters. The van der Waals surface area contributed by atoms with E-state index in [4.69, 9.17) is 9.94 Å². The third-order valence-electron chi connectivity index (χ3n) is 1.77. The van der Waals surface area contributed by atoms with Gasteiger partial charge in [-0.05, 0) is 12.1 Å². The molecule has 0 spiro atoms. The van der Waals surface area contributed by atoms with Crippen molar-refractivity contribution >= 4 is 17.6 Å². The quantitative estimate of drug-likeness (QED) is 0.755. The second kappa shape index (κ2) is 3.37. The Bertz CT molecular complexity index is 375. The molecule has 0 amide bonds. The molecule has 0 aromatic heterocycles. The van der Waals surface area contributed by atoms with Gasteiger partial charge in [-0.25, -0.2) is 9.79 Å². The second-order valence-electron chi connectivity index (χ2n) is 2.72. The van der Waals surface area contributed by atoms with Crippen LogP contribution in [0.4, 0.5) is 5.69 Å². The summed E-state index contributed by atoms with van der Waals surface area (Å²) in [5.74, 6) is -1.42. The van der Waals surface area contributed by atoms with E-state index in [1.807, 2.05) is 30.3 Å². The fourth-order valence-electron chi connectivity index (χ4n) is 1.13. The van der Waals surface area contributed by atoms with Gasteiger partial charge in [-0.1, -0.05) is 18.2 Å². The summed E-state index contributed by atoms with van der Waals surface area (Å²) in [6.45, 7) is 0.214. The maximum absolute atomic E-state index is 10.5. The molecule has 1 aromatic carbocycles. The maximum atomic E-state index is 10.5. The van der Waals surface area contributed by atoms with Gasteiger partial charge in [0.2, 0.25) is 0 Å². The molecule has 0 aliphatic carbocycles. The van der Waals surface area contributed by atoms with Crippen molar-refractivity contribution in [1.29, 1.82) is 0 Å². The Morgan fingerprint density at radius 2 is 2.14 bits per heavy atom. The van der Waals surface area contributed by atoms with E-state index in [0.29, 0.717) is 0 Å². The highest BCUT2D eigenvalue weighted by Gasteiger charge is 2.23. The molecule has 0 saturated heterocycles. The number of hydrogen-bond acceptors (Lipinski definition) is 4. The number of aliphatic imine (C=N–C) groups is 1. The maximum Gasteiger partial charge on any atom is 0.394 e. The Morgan fingerprint density at radius 1 is 1.43 bits per heavy atom. The summed E-state index contributed by atoms with van der Waals surface area (Å²) in [7, 11) is 0. The van der Waals surface area contributed by atoms with Gasteiger partial charge in [-0.3, -0.25) is 0 Å². The first-order valence-corrected chi connectivity index (χ1v) is 4.05. The molecule has 5 heteroatoms. The van der Waals surface area contributed by atoms with E-state index in [1.165, 1.54) is 5.06 Å². The fourth-order valence-corrected chi connectivity index (χ4v) is 1.13. The summed E-state index contributed by atoms with van der Waals surface area (Å²) in [5, 5.41) is 10.0. The number of carboxylic acid groups (broad SMARTS) is 1. The number of nitrogens with zero attached hydrogens (tertiary/aromatic N) is 2. The van der Waals surface area contributed by atoms with E-state index in [2.05, 4.69) is 4.99 Å². The third-order valence-corrected chi connectivity index (χ3v) is 1.77. The zero-order valence-electron chi connectivity index (χ0n) is 7.25. The molecule has 5 nitrogen and oxygen atoms in total. The van der Waals surface area contributed by atoms with Gasteiger partial charge in [0.1, 0.15) is 0 Å². The van der Waals surface area contributed by atoms with Gasteiger partial charge < -0.3 is 9.94 Å². The van der Waals surface area contributed by atoms with E-state index >= 15 is 0 Å². The van der Waals surface area contributed by atoms with Crippen molar-refractivity contribution in [3.05, 3.63) is 30.3 Å². The molecule has 0 saturated carbocycles. The van der Waals surface area contributed by atoms with Crippen molar-refractivity contribution in [3.8, 4) is 0 Å². The summed E-state index contributed by atoms with van der Waals surface area (Å²) in [4.78, 5) is 19.2. The van der Waals surface area contributed by atoms with E-state index in [9.17, 15) is 4.79 Å². The topological polar surface area (TPSA) is 62.1 Å². The molecule has 2 rings (SSSR count). The minimum atomic E-state index is -1.15. The summed E-state index contributed by atoms with van der Waals surface area (Å²) < 4.78 is 0. The summed E-state index contributed by atoms with van der Waals surface area (Å²) in [6.07, 6.45) is 0. The third kappa shape index (κ3) is 1.52. The number of carbonyl (C=O) groups is 1. The zero-order chi connectivity index (χ0) is 9.97. The number of carboxylic acids is 1. The number of rotatable bonds is 2. The Kier molecular flexibility index (Phi) is 2.06. The van der Waals surface area contributed by atoms with E-state index in [1.54, 1.807) is 0 Å². The van der Waals surface area contributed by atoms with Gasteiger partial charge in [0.25, 0.3) is 0 Å². The fraction of sp³-hybridized carbons (Fsp3) is 0.111.